The quantitative estimate of drug-likeness (QED) is 0.144. The van der Waals surface area contributed by atoms with Gasteiger partial charge in [-0.3, -0.25) is 15.0 Å². The molecule has 1 aromatic heterocycles. The number of para-hydroxylation sites is 1. The van der Waals surface area contributed by atoms with Gasteiger partial charge in [-0.2, -0.15) is 0 Å². The molecule has 0 N–H and O–H groups in total. The molecule has 240 valence electrons. The van der Waals surface area contributed by atoms with E-state index >= 15 is 0 Å². The second-order valence-corrected chi connectivity index (χ2v) is 15.5. The number of benzene rings is 4. The van der Waals surface area contributed by atoms with Gasteiger partial charge in [0.1, 0.15) is 17.3 Å². The summed E-state index contributed by atoms with van der Waals surface area (Å²) in [6, 6.07) is 30.7. The molecule has 5 aromatic rings. The van der Waals surface area contributed by atoms with Crippen molar-refractivity contribution in [2.75, 3.05) is 4.90 Å². The second-order valence-electron chi connectivity index (χ2n) is 15.5. The average molecular weight is 626 g/mol. The summed E-state index contributed by atoms with van der Waals surface area (Å²) in [6.45, 7) is 18.9. The van der Waals surface area contributed by atoms with Gasteiger partial charge in [-0.1, -0.05) is 105 Å². The zero-order valence-corrected chi connectivity index (χ0v) is 28.8. The second kappa shape index (κ2) is 11.4. The Morgan fingerprint density at radius 3 is 1.83 bits per heavy atom. The fourth-order valence-corrected chi connectivity index (χ4v) is 6.34. The largest absolute Gasteiger partial charge is 0.457 e. The Labute approximate surface area is 278 Å². The summed E-state index contributed by atoms with van der Waals surface area (Å²) < 4.78 is 6.69. The molecular weight excluding hydrogens is 582 g/mol. The van der Waals surface area contributed by atoms with Crippen LogP contribution in [-0.2, 0) is 16.2 Å². The third kappa shape index (κ3) is 6.00. The Morgan fingerprint density at radius 1 is 0.638 bits per heavy atom. The van der Waals surface area contributed by atoms with Gasteiger partial charge >= 0.3 is 0 Å². The first-order chi connectivity index (χ1) is 22.0. The predicted octanol–water partition coefficient (Wildman–Crippen LogP) is 11.8. The number of rotatable bonds is 4. The van der Waals surface area contributed by atoms with Crippen LogP contribution in [0.3, 0.4) is 0 Å². The molecule has 6 nitrogen and oxygen atoms in total. The summed E-state index contributed by atoms with van der Waals surface area (Å²) in [5, 5.41) is 12.3. The van der Waals surface area contributed by atoms with Crippen LogP contribution in [0.2, 0.25) is 0 Å². The number of hydrogen-bond acceptors (Lipinski definition) is 5. The summed E-state index contributed by atoms with van der Waals surface area (Å²) in [5.74, 6) is 1.86. The van der Waals surface area contributed by atoms with Crippen molar-refractivity contribution in [3.05, 3.63) is 124 Å². The Kier molecular flexibility index (Phi) is 7.74. The molecule has 6 rings (SSSR count). The Balaban J connectivity index is 1.60. The zero-order valence-electron chi connectivity index (χ0n) is 28.8. The van der Waals surface area contributed by atoms with Gasteiger partial charge in [-0.15, -0.1) is 0 Å². The third-order valence-corrected chi connectivity index (χ3v) is 8.84. The maximum Gasteiger partial charge on any atom is 0.276 e. The molecule has 47 heavy (non-hydrogen) atoms. The number of ether oxygens (including phenoxy) is 1. The minimum atomic E-state index is -0.416. The Hall–Kier alpha value is -4.97. The molecule has 0 amide bonds. The average Bonchev–Trinajstić information content (AvgIpc) is 3.12. The van der Waals surface area contributed by atoms with Crippen LogP contribution in [0.4, 0.5) is 22.9 Å². The molecular formula is C41H43N3O3. The summed E-state index contributed by atoms with van der Waals surface area (Å²) in [5.41, 5.74) is 8.33. The lowest BCUT2D eigenvalue weighted by Gasteiger charge is -2.29. The van der Waals surface area contributed by atoms with Gasteiger partial charge in [-0.05, 0) is 69.3 Å². The van der Waals surface area contributed by atoms with E-state index in [1.54, 1.807) is 6.07 Å². The van der Waals surface area contributed by atoms with Gasteiger partial charge < -0.3 is 4.74 Å². The third-order valence-electron chi connectivity index (χ3n) is 8.84. The van der Waals surface area contributed by atoms with Crippen molar-refractivity contribution < 1.29 is 9.66 Å². The van der Waals surface area contributed by atoms with Crippen LogP contribution < -0.4 is 9.64 Å². The van der Waals surface area contributed by atoms with E-state index in [0.29, 0.717) is 17.1 Å². The smallest absolute Gasteiger partial charge is 0.276 e. The van der Waals surface area contributed by atoms with Crippen LogP contribution in [0.15, 0.2) is 97.2 Å². The van der Waals surface area contributed by atoms with E-state index in [0.717, 1.165) is 45.0 Å². The molecule has 0 atom stereocenters. The van der Waals surface area contributed by atoms with Crippen molar-refractivity contribution in [1.29, 1.82) is 0 Å². The molecule has 0 saturated heterocycles. The highest BCUT2D eigenvalue weighted by atomic mass is 16.6. The van der Waals surface area contributed by atoms with E-state index in [4.69, 9.17) is 9.72 Å². The molecule has 0 bridgehead atoms. The molecule has 0 fully saturated rings. The van der Waals surface area contributed by atoms with Crippen molar-refractivity contribution in [2.24, 2.45) is 0 Å². The Bertz CT molecular complexity index is 2010. The lowest BCUT2D eigenvalue weighted by molar-refractivity contribution is -0.386. The van der Waals surface area contributed by atoms with E-state index < -0.39 is 5.41 Å². The zero-order chi connectivity index (χ0) is 33.9. The van der Waals surface area contributed by atoms with Crippen molar-refractivity contribution >= 4 is 22.9 Å². The number of hydrogen-bond donors (Lipinski definition) is 0. The van der Waals surface area contributed by atoms with Crippen LogP contribution in [0.25, 0.3) is 22.3 Å². The SMILES string of the molecule is CC(C)(C)c1ccnc(N2c3ccccc3-c3ccccc3-c3ccc(Oc4cc([N+](=O)[O-])c(C(C)(C)C)cc4C(C)(C)C)cc32)c1. The molecule has 1 aliphatic rings. The fourth-order valence-electron chi connectivity index (χ4n) is 6.34. The number of nitro groups is 1. The molecule has 6 heteroatoms. The van der Waals surface area contributed by atoms with E-state index in [1.165, 1.54) is 5.56 Å². The standard InChI is InChI=1S/C41H43N3O3/c1-39(2,3)26-20-21-42-38(22-26)43-34-17-13-12-16-30(34)28-14-10-11-15-29(28)31-19-18-27(23-35(31)43)47-37-25-36(44(45)46)32(40(4,5)6)24-33(37)41(7,8)9/h10-25H,1-9H3. The minimum absolute atomic E-state index is 0.0583. The number of nitrogens with zero attached hydrogens (tertiary/aromatic N) is 3. The number of pyridine rings is 1. The van der Waals surface area contributed by atoms with E-state index in [-0.39, 0.29) is 21.4 Å². The van der Waals surface area contributed by atoms with Crippen molar-refractivity contribution in [3.8, 4) is 33.8 Å². The Morgan fingerprint density at radius 2 is 1.23 bits per heavy atom. The van der Waals surface area contributed by atoms with Crippen LogP contribution >= 0.6 is 0 Å². The van der Waals surface area contributed by atoms with Crippen molar-refractivity contribution in [1.82, 2.24) is 4.98 Å². The van der Waals surface area contributed by atoms with Crippen LogP contribution in [-0.4, -0.2) is 9.91 Å². The molecule has 2 heterocycles. The molecule has 1 aliphatic heterocycles. The van der Waals surface area contributed by atoms with Crippen LogP contribution in [0.1, 0.15) is 79.0 Å². The lowest BCUT2D eigenvalue weighted by atomic mass is 9.79. The molecule has 0 aliphatic carbocycles. The maximum atomic E-state index is 12.3. The van der Waals surface area contributed by atoms with E-state index in [9.17, 15) is 10.1 Å². The van der Waals surface area contributed by atoms with Crippen molar-refractivity contribution in [3.63, 3.8) is 0 Å². The van der Waals surface area contributed by atoms with Gasteiger partial charge in [0.15, 0.2) is 0 Å². The van der Waals surface area contributed by atoms with Gasteiger partial charge in [-0.25, -0.2) is 4.98 Å². The summed E-state index contributed by atoms with van der Waals surface area (Å²) >= 11 is 0. The van der Waals surface area contributed by atoms with Crippen molar-refractivity contribution in [2.45, 2.75) is 78.6 Å². The van der Waals surface area contributed by atoms with Gasteiger partial charge in [0.05, 0.1) is 22.4 Å². The molecule has 4 aromatic carbocycles. The predicted molar refractivity (Wildman–Crippen MR) is 193 cm³/mol. The fraction of sp³-hybridized carbons (Fsp3) is 0.293. The topological polar surface area (TPSA) is 68.5 Å². The molecule has 0 saturated carbocycles. The van der Waals surface area contributed by atoms with Crippen LogP contribution in [0, 0.1) is 10.1 Å². The van der Waals surface area contributed by atoms with E-state index in [2.05, 4.69) is 113 Å². The summed E-state index contributed by atoms with van der Waals surface area (Å²) in [7, 11) is 0. The number of aromatic nitrogens is 1. The van der Waals surface area contributed by atoms with Gasteiger partial charge in [0, 0.05) is 34.5 Å². The highest BCUT2D eigenvalue weighted by Gasteiger charge is 2.32. The molecule has 0 radical (unpaired) electrons. The normalized spacial score (nSPS) is 12.9. The van der Waals surface area contributed by atoms with Crippen LogP contribution in [0.5, 0.6) is 11.5 Å². The number of fused-ring (bicyclic) bond motifs is 5. The van der Waals surface area contributed by atoms with Gasteiger partial charge in [0.25, 0.3) is 5.69 Å². The van der Waals surface area contributed by atoms with E-state index in [1.807, 2.05) is 45.2 Å². The van der Waals surface area contributed by atoms with Gasteiger partial charge in [0.2, 0.25) is 0 Å². The number of anilines is 3. The molecule has 0 unspecified atom stereocenters. The summed E-state index contributed by atoms with van der Waals surface area (Å²) in [4.78, 5) is 19.2. The minimum Gasteiger partial charge on any atom is -0.457 e. The summed E-state index contributed by atoms with van der Waals surface area (Å²) in [6.07, 6.45) is 1.88. The first-order valence-corrected chi connectivity index (χ1v) is 16.1. The molecule has 0 spiro atoms. The lowest BCUT2D eigenvalue weighted by Crippen LogP contribution is -2.19. The maximum absolute atomic E-state index is 12.3. The highest BCUT2D eigenvalue weighted by molar-refractivity contribution is 6.02. The number of nitro benzene ring substituents is 1. The first-order valence-electron chi connectivity index (χ1n) is 16.1. The first kappa shape index (κ1) is 32.0. The highest BCUT2D eigenvalue weighted by Crippen LogP contribution is 2.52. The monoisotopic (exact) mass is 625 g/mol.